The SMILES string of the molecule is Br.Cn1c(=NC2CCNCC2)sc2ccccc21. The number of rotatable bonds is 1. The largest absolute Gasteiger partial charge is 0.320 e. The second-order valence-electron chi connectivity index (χ2n) is 4.52. The van der Waals surface area contributed by atoms with Gasteiger partial charge in [0.25, 0.3) is 0 Å². The van der Waals surface area contributed by atoms with Gasteiger partial charge in [-0.25, -0.2) is 0 Å². The van der Waals surface area contributed by atoms with Gasteiger partial charge in [-0.3, -0.25) is 4.99 Å². The van der Waals surface area contributed by atoms with E-state index in [1.54, 1.807) is 11.3 Å². The van der Waals surface area contributed by atoms with Crippen molar-refractivity contribution in [2.45, 2.75) is 18.9 Å². The minimum atomic E-state index is 0. The summed E-state index contributed by atoms with van der Waals surface area (Å²) in [5.41, 5.74) is 1.28. The molecular formula is C13H18BrN3S. The molecule has 1 fully saturated rings. The summed E-state index contributed by atoms with van der Waals surface area (Å²) in [6.07, 6.45) is 2.32. The van der Waals surface area contributed by atoms with E-state index in [0.717, 1.165) is 30.7 Å². The van der Waals surface area contributed by atoms with Crippen LogP contribution < -0.4 is 10.1 Å². The van der Waals surface area contributed by atoms with Crippen molar-refractivity contribution >= 4 is 38.5 Å². The number of aryl methyl sites for hydroxylation is 1. The molecule has 0 unspecified atom stereocenters. The lowest BCUT2D eigenvalue weighted by molar-refractivity contribution is 0.452. The van der Waals surface area contributed by atoms with Crippen LogP contribution in [0.2, 0.25) is 0 Å². The highest BCUT2D eigenvalue weighted by Gasteiger charge is 2.11. The van der Waals surface area contributed by atoms with Gasteiger partial charge in [-0.2, -0.15) is 0 Å². The Morgan fingerprint density at radius 1 is 1.28 bits per heavy atom. The van der Waals surface area contributed by atoms with Crippen LogP contribution in [0.5, 0.6) is 0 Å². The van der Waals surface area contributed by atoms with Crippen LogP contribution in [-0.4, -0.2) is 23.7 Å². The number of halogens is 1. The summed E-state index contributed by atoms with van der Waals surface area (Å²) in [5.74, 6) is 0. The predicted octanol–water partition coefficient (Wildman–Crippen LogP) is 2.47. The summed E-state index contributed by atoms with van der Waals surface area (Å²) >= 11 is 1.79. The van der Waals surface area contributed by atoms with Crippen molar-refractivity contribution in [3.63, 3.8) is 0 Å². The topological polar surface area (TPSA) is 29.3 Å². The molecule has 2 heterocycles. The molecule has 5 heteroatoms. The van der Waals surface area contributed by atoms with E-state index in [2.05, 4.69) is 41.2 Å². The summed E-state index contributed by atoms with van der Waals surface area (Å²) in [6, 6.07) is 9.00. The molecule has 1 aromatic carbocycles. The number of nitrogens with one attached hydrogen (secondary N) is 1. The van der Waals surface area contributed by atoms with Gasteiger partial charge in [0.05, 0.1) is 16.3 Å². The highest BCUT2D eigenvalue weighted by atomic mass is 79.9. The van der Waals surface area contributed by atoms with E-state index < -0.39 is 0 Å². The molecule has 1 saturated heterocycles. The van der Waals surface area contributed by atoms with Crippen molar-refractivity contribution in [3.05, 3.63) is 29.1 Å². The normalized spacial score (nSPS) is 17.9. The molecule has 18 heavy (non-hydrogen) atoms. The van der Waals surface area contributed by atoms with Crippen LogP contribution in [0.25, 0.3) is 10.2 Å². The average Bonchev–Trinajstić information content (AvgIpc) is 2.68. The van der Waals surface area contributed by atoms with E-state index >= 15 is 0 Å². The van der Waals surface area contributed by atoms with Crippen molar-refractivity contribution < 1.29 is 0 Å². The number of para-hydroxylation sites is 1. The van der Waals surface area contributed by atoms with E-state index in [9.17, 15) is 0 Å². The van der Waals surface area contributed by atoms with Crippen LogP contribution in [0.4, 0.5) is 0 Å². The third-order valence-electron chi connectivity index (χ3n) is 3.32. The van der Waals surface area contributed by atoms with Gasteiger partial charge < -0.3 is 9.88 Å². The van der Waals surface area contributed by atoms with Crippen LogP contribution in [0.1, 0.15) is 12.8 Å². The molecule has 1 aliphatic rings. The molecule has 0 amide bonds. The Kier molecular flexibility index (Phi) is 4.59. The maximum absolute atomic E-state index is 4.90. The Hall–Kier alpha value is -0.650. The average molecular weight is 328 g/mol. The van der Waals surface area contributed by atoms with Crippen LogP contribution >= 0.6 is 28.3 Å². The first-order valence-electron chi connectivity index (χ1n) is 6.14. The molecule has 3 rings (SSSR count). The lowest BCUT2D eigenvalue weighted by Gasteiger charge is -2.18. The van der Waals surface area contributed by atoms with Crippen molar-refractivity contribution in [2.75, 3.05) is 13.1 Å². The third kappa shape index (κ3) is 2.68. The van der Waals surface area contributed by atoms with Gasteiger partial charge in [0.2, 0.25) is 0 Å². The quantitative estimate of drug-likeness (QED) is 0.856. The Morgan fingerprint density at radius 2 is 2.00 bits per heavy atom. The first kappa shape index (κ1) is 13.8. The monoisotopic (exact) mass is 327 g/mol. The third-order valence-corrected chi connectivity index (χ3v) is 4.44. The Morgan fingerprint density at radius 3 is 2.72 bits per heavy atom. The number of aromatic nitrogens is 1. The number of fused-ring (bicyclic) bond motifs is 1. The van der Waals surface area contributed by atoms with Gasteiger partial charge in [0.1, 0.15) is 0 Å². The first-order valence-corrected chi connectivity index (χ1v) is 6.95. The van der Waals surface area contributed by atoms with E-state index in [0.29, 0.717) is 6.04 Å². The van der Waals surface area contributed by atoms with Gasteiger partial charge in [-0.05, 0) is 38.1 Å². The van der Waals surface area contributed by atoms with Gasteiger partial charge >= 0.3 is 0 Å². The maximum Gasteiger partial charge on any atom is 0.185 e. The standard InChI is InChI=1S/C13H17N3S.BrH/c1-16-11-4-2-3-5-12(11)17-13(16)15-10-6-8-14-9-7-10;/h2-5,10,14H,6-9H2,1H3;1H. The molecular weight excluding hydrogens is 310 g/mol. The molecule has 0 atom stereocenters. The fourth-order valence-corrected chi connectivity index (χ4v) is 3.39. The fraction of sp³-hybridized carbons (Fsp3) is 0.462. The van der Waals surface area contributed by atoms with Gasteiger partial charge in [-0.1, -0.05) is 23.5 Å². The minimum absolute atomic E-state index is 0. The molecule has 98 valence electrons. The lowest BCUT2D eigenvalue weighted by atomic mass is 10.1. The molecule has 1 aliphatic heterocycles. The molecule has 3 nitrogen and oxygen atoms in total. The molecule has 1 N–H and O–H groups in total. The highest BCUT2D eigenvalue weighted by Crippen LogP contribution is 2.16. The molecule has 0 spiro atoms. The Bertz CT molecular complexity index is 581. The van der Waals surface area contributed by atoms with Crippen molar-refractivity contribution in [1.82, 2.24) is 9.88 Å². The molecule has 0 bridgehead atoms. The predicted molar refractivity (Wildman–Crippen MR) is 82.6 cm³/mol. The van der Waals surface area contributed by atoms with E-state index in [4.69, 9.17) is 4.99 Å². The number of benzene rings is 1. The highest BCUT2D eigenvalue weighted by molar-refractivity contribution is 8.93. The van der Waals surface area contributed by atoms with Crippen LogP contribution in [-0.2, 0) is 7.05 Å². The number of thiazole rings is 1. The summed E-state index contributed by atoms with van der Waals surface area (Å²) < 4.78 is 3.53. The first-order chi connectivity index (χ1) is 8.34. The second kappa shape index (κ2) is 5.99. The summed E-state index contributed by atoms with van der Waals surface area (Å²) in [4.78, 5) is 6.05. The number of hydrogen-bond donors (Lipinski definition) is 1. The number of hydrogen-bond acceptors (Lipinski definition) is 3. The van der Waals surface area contributed by atoms with Crippen LogP contribution in [0.3, 0.4) is 0 Å². The summed E-state index contributed by atoms with van der Waals surface area (Å²) in [7, 11) is 2.11. The lowest BCUT2D eigenvalue weighted by Crippen LogP contribution is -2.31. The minimum Gasteiger partial charge on any atom is -0.320 e. The maximum atomic E-state index is 4.90. The van der Waals surface area contributed by atoms with E-state index in [1.807, 2.05) is 0 Å². The van der Waals surface area contributed by atoms with Crippen LogP contribution in [0, 0.1) is 0 Å². The zero-order valence-corrected chi connectivity index (χ0v) is 13.0. The molecule has 0 aliphatic carbocycles. The molecule has 0 radical (unpaired) electrons. The molecule has 0 saturated carbocycles. The van der Waals surface area contributed by atoms with Crippen molar-refractivity contribution in [1.29, 1.82) is 0 Å². The fourth-order valence-electron chi connectivity index (χ4n) is 2.30. The zero-order valence-electron chi connectivity index (χ0n) is 10.4. The smallest absolute Gasteiger partial charge is 0.185 e. The summed E-state index contributed by atoms with van der Waals surface area (Å²) in [5, 5.41) is 3.38. The van der Waals surface area contributed by atoms with E-state index in [-0.39, 0.29) is 17.0 Å². The summed E-state index contributed by atoms with van der Waals surface area (Å²) in [6.45, 7) is 2.20. The molecule has 1 aromatic heterocycles. The van der Waals surface area contributed by atoms with Gasteiger partial charge in [-0.15, -0.1) is 17.0 Å². The molecule has 2 aromatic rings. The number of nitrogens with zero attached hydrogens (tertiary/aromatic N) is 2. The van der Waals surface area contributed by atoms with Gasteiger partial charge in [0, 0.05) is 7.05 Å². The van der Waals surface area contributed by atoms with Crippen molar-refractivity contribution in [2.24, 2.45) is 12.0 Å². The van der Waals surface area contributed by atoms with Crippen molar-refractivity contribution in [3.8, 4) is 0 Å². The zero-order chi connectivity index (χ0) is 11.7. The Labute approximate surface area is 121 Å². The van der Waals surface area contributed by atoms with Crippen LogP contribution in [0.15, 0.2) is 29.3 Å². The van der Waals surface area contributed by atoms with Gasteiger partial charge in [0.15, 0.2) is 4.80 Å². The van der Waals surface area contributed by atoms with E-state index in [1.165, 1.54) is 10.2 Å². The Balaban J connectivity index is 0.00000120. The number of piperidine rings is 1. The second-order valence-corrected chi connectivity index (χ2v) is 5.53.